The number of aryl methyl sites for hydroxylation is 1. The van der Waals surface area contributed by atoms with Gasteiger partial charge in [0.15, 0.2) is 0 Å². The van der Waals surface area contributed by atoms with Gasteiger partial charge in [0.25, 0.3) is 0 Å². The number of sulfonamides is 1. The third kappa shape index (κ3) is 4.22. The summed E-state index contributed by atoms with van der Waals surface area (Å²) in [4.78, 5) is 15.2. The Morgan fingerprint density at radius 2 is 1.69 bits per heavy atom. The van der Waals surface area contributed by atoms with Gasteiger partial charge >= 0.3 is 0 Å². The molecular weight excluding hydrogens is 386 g/mol. The summed E-state index contributed by atoms with van der Waals surface area (Å²) in [6, 6.07) is 14.6. The molecule has 154 valence electrons. The van der Waals surface area contributed by atoms with E-state index in [4.69, 9.17) is 0 Å². The molecule has 7 heteroatoms. The lowest BCUT2D eigenvalue weighted by atomic mass is 9.82. The molecule has 0 aromatic heterocycles. The largest absolute Gasteiger partial charge is 0.326 e. The lowest BCUT2D eigenvalue weighted by Crippen LogP contribution is -2.46. The minimum absolute atomic E-state index is 0.0353. The van der Waals surface area contributed by atoms with Crippen molar-refractivity contribution in [3.63, 3.8) is 0 Å². The number of nitrogens with zero attached hydrogens (tertiary/aromatic N) is 2. The Kier molecular flexibility index (Phi) is 5.72. The van der Waals surface area contributed by atoms with Gasteiger partial charge in [-0.25, -0.2) is 8.42 Å². The molecule has 1 atom stereocenters. The van der Waals surface area contributed by atoms with E-state index in [2.05, 4.69) is 16.3 Å². The monoisotopic (exact) mass is 413 g/mol. The zero-order chi connectivity index (χ0) is 20.4. The number of amides is 1. The number of rotatable bonds is 4. The number of anilines is 1. The summed E-state index contributed by atoms with van der Waals surface area (Å²) in [6.07, 6.45) is 2.84. The second-order valence-electron chi connectivity index (χ2n) is 7.86. The van der Waals surface area contributed by atoms with E-state index >= 15 is 0 Å². The Morgan fingerprint density at radius 1 is 1.00 bits per heavy atom. The SMILES string of the molecule is CN1CCN(S(=O)(=O)c2ccc(NC(=O)C3CCCc4ccccc43)cc2)CC1. The zero-order valence-corrected chi connectivity index (χ0v) is 17.5. The summed E-state index contributed by atoms with van der Waals surface area (Å²) < 4.78 is 27.2. The van der Waals surface area contributed by atoms with Gasteiger partial charge in [0.2, 0.25) is 15.9 Å². The molecule has 0 saturated carbocycles. The lowest BCUT2D eigenvalue weighted by molar-refractivity contribution is -0.117. The highest BCUT2D eigenvalue weighted by Crippen LogP contribution is 2.32. The highest BCUT2D eigenvalue weighted by Gasteiger charge is 2.28. The topological polar surface area (TPSA) is 69.7 Å². The van der Waals surface area contributed by atoms with Crippen molar-refractivity contribution in [2.24, 2.45) is 0 Å². The first-order chi connectivity index (χ1) is 13.9. The van der Waals surface area contributed by atoms with Gasteiger partial charge < -0.3 is 10.2 Å². The zero-order valence-electron chi connectivity index (χ0n) is 16.7. The molecular formula is C22H27N3O3S. The van der Waals surface area contributed by atoms with Crippen LogP contribution in [0.1, 0.15) is 29.9 Å². The van der Waals surface area contributed by atoms with Crippen LogP contribution in [0.3, 0.4) is 0 Å². The van der Waals surface area contributed by atoms with Crippen molar-refractivity contribution in [2.45, 2.75) is 30.1 Å². The predicted octanol–water partition coefficient (Wildman–Crippen LogP) is 2.68. The molecule has 1 N–H and O–H groups in total. The van der Waals surface area contributed by atoms with Crippen LogP contribution >= 0.6 is 0 Å². The minimum atomic E-state index is -3.50. The first-order valence-electron chi connectivity index (χ1n) is 10.1. The molecule has 1 amide bonds. The standard InChI is InChI=1S/C22H27N3O3S/c1-24-13-15-25(16-14-24)29(27,28)19-11-9-18(10-12-19)23-22(26)21-8-4-6-17-5-2-3-7-20(17)21/h2-3,5,7,9-12,21H,4,6,8,13-16H2,1H3,(H,23,26). The summed E-state index contributed by atoms with van der Waals surface area (Å²) in [5.41, 5.74) is 2.97. The van der Waals surface area contributed by atoms with Crippen LogP contribution in [0.2, 0.25) is 0 Å². The third-order valence-corrected chi connectivity index (χ3v) is 7.82. The number of carbonyl (C=O) groups excluding carboxylic acids is 1. The van der Waals surface area contributed by atoms with Gasteiger partial charge in [-0.05, 0) is 61.7 Å². The summed E-state index contributed by atoms with van der Waals surface area (Å²) in [5.74, 6) is -0.194. The Labute approximate surface area is 172 Å². The maximum absolute atomic E-state index is 12.8. The second kappa shape index (κ2) is 8.26. The van der Waals surface area contributed by atoms with Crippen LogP contribution in [-0.4, -0.2) is 56.8 Å². The van der Waals surface area contributed by atoms with Gasteiger partial charge in [-0.2, -0.15) is 4.31 Å². The fraction of sp³-hybridized carbons (Fsp3) is 0.409. The first-order valence-corrected chi connectivity index (χ1v) is 11.6. The molecule has 1 fully saturated rings. The van der Waals surface area contributed by atoms with E-state index in [1.807, 2.05) is 25.2 Å². The van der Waals surface area contributed by atoms with Gasteiger partial charge in [-0.3, -0.25) is 4.79 Å². The molecule has 0 bridgehead atoms. The Morgan fingerprint density at radius 3 is 2.41 bits per heavy atom. The van der Waals surface area contributed by atoms with Crippen molar-refractivity contribution >= 4 is 21.6 Å². The average molecular weight is 414 g/mol. The van der Waals surface area contributed by atoms with Gasteiger partial charge in [0.05, 0.1) is 10.8 Å². The van der Waals surface area contributed by atoms with Crippen LogP contribution in [0.4, 0.5) is 5.69 Å². The van der Waals surface area contributed by atoms with Crippen LogP contribution < -0.4 is 5.32 Å². The molecule has 6 nitrogen and oxygen atoms in total. The predicted molar refractivity (Wildman–Crippen MR) is 113 cm³/mol. The summed E-state index contributed by atoms with van der Waals surface area (Å²) in [5, 5.41) is 2.96. The molecule has 0 spiro atoms. The van der Waals surface area contributed by atoms with Crippen molar-refractivity contribution in [1.82, 2.24) is 9.21 Å². The Hall–Kier alpha value is -2.22. The maximum atomic E-state index is 12.8. The second-order valence-corrected chi connectivity index (χ2v) is 9.80. The molecule has 0 radical (unpaired) electrons. The summed E-state index contributed by atoms with van der Waals surface area (Å²) in [6.45, 7) is 2.46. The Balaban J connectivity index is 1.46. The van der Waals surface area contributed by atoms with Gasteiger partial charge in [-0.1, -0.05) is 24.3 Å². The molecule has 2 aromatic rings. The van der Waals surface area contributed by atoms with E-state index in [1.54, 1.807) is 24.3 Å². The van der Waals surface area contributed by atoms with Crippen LogP contribution in [-0.2, 0) is 21.2 Å². The highest BCUT2D eigenvalue weighted by atomic mass is 32.2. The van der Waals surface area contributed by atoms with Crippen molar-refractivity contribution in [1.29, 1.82) is 0 Å². The van der Waals surface area contributed by atoms with Crippen LogP contribution in [0.5, 0.6) is 0 Å². The number of hydrogen-bond donors (Lipinski definition) is 1. The Bertz CT molecular complexity index is 981. The van der Waals surface area contributed by atoms with Gasteiger partial charge in [-0.15, -0.1) is 0 Å². The van der Waals surface area contributed by atoms with Crippen molar-refractivity contribution < 1.29 is 13.2 Å². The van der Waals surface area contributed by atoms with E-state index in [9.17, 15) is 13.2 Å². The molecule has 1 heterocycles. The van der Waals surface area contributed by atoms with Crippen molar-refractivity contribution in [3.05, 3.63) is 59.7 Å². The molecule has 2 aliphatic rings. The number of hydrogen-bond acceptors (Lipinski definition) is 4. The average Bonchev–Trinajstić information content (AvgIpc) is 2.74. The van der Waals surface area contributed by atoms with Crippen LogP contribution in [0.15, 0.2) is 53.4 Å². The summed E-state index contributed by atoms with van der Waals surface area (Å²) in [7, 11) is -1.50. The molecule has 1 aliphatic carbocycles. The number of piperazine rings is 1. The third-order valence-electron chi connectivity index (χ3n) is 5.91. The number of nitrogens with one attached hydrogen (secondary N) is 1. The smallest absolute Gasteiger partial charge is 0.243 e. The first kappa shape index (κ1) is 20.1. The highest BCUT2D eigenvalue weighted by molar-refractivity contribution is 7.89. The number of benzene rings is 2. The van der Waals surface area contributed by atoms with Gasteiger partial charge in [0.1, 0.15) is 0 Å². The summed E-state index contributed by atoms with van der Waals surface area (Å²) >= 11 is 0. The lowest BCUT2D eigenvalue weighted by Gasteiger charge is -2.31. The molecule has 4 rings (SSSR count). The van der Waals surface area contributed by atoms with E-state index in [1.165, 1.54) is 9.87 Å². The molecule has 29 heavy (non-hydrogen) atoms. The van der Waals surface area contributed by atoms with E-state index < -0.39 is 10.0 Å². The quantitative estimate of drug-likeness (QED) is 0.837. The number of likely N-dealkylation sites (N-methyl/N-ethyl adjacent to an activating group) is 1. The van der Waals surface area contributed by atoms with Crippen LogP contribution in [0.25, 0.3) is 0 Å². The normalized spacial score (nSPS) is 20.8. The van der Waals surface area contributed by atoms with E-state index in [0.717, 1.165) is 37.9 Å². The van der Waals surface area contributed by atoms with Gasteiger partial charge in [0, 0.05) is 31.9 Å². The molecule has 1 unspecified atom stereocenters. The van der Waals surface area contributed by atoms with E-state index in [-0.39, 0.29) is 16.7 Å². The fourth-order valence-electron chi connectivity index (χ4n) is 4.14. The minimum Gasteiger partial charge on any atom is -0.326 e. The number of carbonyl (C=O) groups is 1. The molecule has 1 aliphatic heterocycles. The number of fused-ring (bicyclic) bond motifs is 1. The van der Waals surface area contributed by atoms with E-state index in [0.29, 0.717) is 18.8 Å². The van der Waals surface area contributed by atoms with Crippen LogP contribution in [0, 0.1) is 0 Å². The fourth-order valence-corrected chi connectivity index (χ4v) is 5.57. The van der Waals surface area contributed by atoms with Crippen molar-refractivity contribution in [3.8, 4) is 0 Å². The maximum Gasteiger partial charge on any atom is 0.243 e. The van der Waals surface area contributed by atoms with Crippen molar-refractivity contribution in [2.75, 3.05) is 38.5 Å². The molecule has 2 aromatic carbocycles. The molecule has 1 saturated heterocycles.